The van der Waals surface area contributed by atoms with E-state index in [1.807, 2.05) is 52.9 Å². The average Bonchev–Trinajstić information content (AvgIpc) is 3.34. The van der Waals surface area contributed by atoms with Crippen molar-refractivity contribution in [1.29, 1.82) is 0 Å². The average molecular weight is 737 g/mol. The molecule has 2 aromatic heterocycles. The third-order valence-electron chi connectivity index (χ3n) is 7.04. The molecule has 0 spiro atoms. The first-order chi connectivity index (χ1) is 18.7. The van der Waals surface area contributed by atoms with Crippen molar-refractivity contribution in [3.8, 4) is 21.7 Å². The normalized spacial score (nSPS) is 11.4. The number of allylic oxidation sites excluding steroid dienone is 2. The van der Waals surface area contributed by atoms with Gasteiger partial charge in [-0.3, -0.25) is 4.79 Å². The van der Waals surface area contributed by atoms with Crippen LogP contribution < -0.4 is 0 Å². The number of benzene rings is 2. The molecule has 0 aliphatic heterocycles. The summed E-state index contributed by atoms with van der Waals surface area (Å²) in [4.78, 5) is 17.4. The molecule has 0 saturated carbocycles. The Hall–Kier alpha value is -2.66. The summed E-state index contributed by atoms with van der Waals surface area (Å²) in [6, 6.07) is 18.4. The van der Waals surface area contributed by atoms with Crippen LogP contribution in [0.25, 0.3) is 31.8 Å². The number of aliphatic hydroxyl groups is 1. The zero-order valence-corrected chi connectivity index (χ0v) is 27.4. The third-order valence-corrected chi connectivity index (χ3v) is 8.18. The first kappa shape index (κ1) is 33.5. The number of hydrogen-bond donors (Lipinski definition) is 1. The van der Waals surface area contributed by atoms with Crippen LogP contribution in [0.4, 0.5) is 4.39 Å². The molecule has 0 unspecified atom stereocenters. The number of hydrogen-bond acceptors (Lipinski definition) is 4. The minimum absolute atomic E-state index is 0. The van der Waals surface area contributed by atoms with Gasteiger partial charge < -0.3 is 10.1 Å². The molecule has 2 aromatic carbocycles. The number of carbonyl (C=O) groups is 1. The van der Waals surface area contributed by atoms with Crippen LogP contribution in [-0.4, -0.2) is 15.9 Å². The number of halogens is 1. The van der Waals surface area contributed by atoms with Crippen LogP contribution in [0.2, 0.25) is 0 Å². The fourth-order valence-electron chi connectivity index (χ4n) is 4.65. The van der Waals surface area contributed by atoms with Crippen LogP contribution in [0.1, 0.15) is 64.5 Å². The maximum Gasteiger partial charge on any atom is 0.162 e. The second-order valence-corrected chi connectivity index (χ2v) is 11.1. The van der Waals surface area contributed by atoms with E-state index in [1.165, 1.54) is 28.5 Å². The molecule has 4 rings (SSSR count). The van der Waals surface area contributed by atoms with Gasteiger partial charge in [0.05, 0.1) is 5.76 Å². The van der Waals surface area contributed by atoms with E-state index in [0.29, 0.717) is 0 Å². The number of aryl methyl sites for hydroxylation is 2. The van der Waals surface area contributed by atoms with Crippen molar-refractivity contribution in [3.05, 3.63) is 89.6 Å². The van der Waals surface area contributed by atoms with Gasteiger partial charge >= 0.3 is 0 Å². The van der Waals surface area contributed by atoms with Crippen molar-refractivity contribution in [2.45, 2.75) is 67.2 Å². The van der Waals surface area contributed by atoms with Gasteiger partial charge in [-0.15, -0.1) is 46.2 Å². The predicted molar refractivity (Wildman–Crippen MR) is 163 cm³/mol. The quantitative estimate of drug-likeness (QED) is 0.106. The zero-order chi connectivity index (χ0) is 28.5. The number of aliphatic hydroxyl groups excluding tert-OH is 1. The number of ketones is 1. The molecule has 4 aromatic rings. The summed E-state index contributed by atoms with van der Waals surface area (Å²) in [5.74, 6) is 0.334. The summed E-state index contributed by atoms with van der Waals surface area (Å²) in [5.41, 5.74) is 5.30. The molecule has 2 heterocycles. The van der Waals surface area contributed by atoms with Crippen molar-refractivity contribution in [2.24, 2.45) is 11.8 Å². The monoisotopic (exact) mass is 737 g/mol. The van der Waals surface area contributed by atoms with Gasteiger partial charge in [0.15, 0.2) is 5.78 Å². The van der Waals surface area contributed by atoms with Gasteiger partial charge in [-0.25, -0.2) is 4.39 Å². The van der Waals surface area contributed by atoms with Crippen molar-refractivity contribution in [3.63, 3.8) is 0 Å². The molecule has 0 aliphatic carbocycles. The first-order valence-corrected chi connectivity index (χ1v) is 14.6. The minimum atomic E-state index is -0.214. The Morgan fingerprint density at radius 2 is 1.60 bits per heavy atom. The zero-order valence-electron chi connectivity index (χ0n) is 24.2. The molecule has 40 heavy (non-hydrogen) atoms. The van der Waals surface area contributed by atoms with Crippen LogP contribution in [-0.2, 0) is 24.9 Å². The fourth-order valence-corrected chi connectivity index (χ4v) is 5.73. The van der Waals surface area contributed by atoms with Gasteiger partial charge in [-0.1, -0.05) is 59.7 Å². The summed E-state index contributed by atoms with van der Waals surface area (Å²) in [7, 11) is 0. The molecule has 0 aliphatic rings. The van der Waals surface area contributed by atoms with Crippen LogP contribution >= 0.6 is 11.3 Å². The van der Waals surface area contributed by atoms with Crippen LogP contribution in [0.5, 0.6) is 0 Å². The van der Waals surface area contributed by atoms with Crippen molar-refractivity contribution in [1.82, 2.24) is 4.98 Å². The topological polar surface area (TPSA) is 50.2 Å². The maximum absolute atomic E-state index is 13.1. The van der Waals surface area contributed by atoms with E-state index < -0.39 is 0 Å². The van der Waals surface area contributed by atoms with Crippen LogP contribution in [0.15, 0.2) is 66.6 Å². The summed E-state index contributed by atoms with van der Waals surface area (Å²) in [6.45, 7) is 12.2. The van der Waals surface area contributed by atoms with Crippen molar-refractivity contribution in [2.75, 3.05) is 0 Å². The minimum Gasteiger partial charge on any atom is -0.512 e. The van der Waals surface area contributed by atoms with Crippen molar-refractivity contribution < 1.29 is 34.4 Å². The molecule has 0 atom stereocenters. The Balaban J connectivity index is 0.000000307. The number of rotatable bonds is 9. The summed E-state index contributed by atoms with van der Waals surface area (Å²) < 4.78 is 14.3. The van der Waals surface area contributed by atoms with E-state index in [-0.39, 0.29) is 49.3 Å². The fraction of sp³-hybridized carbons (Fsp3) is 0.353. The van der Waals surface area contributed by atoms with Gasteiger partial charge in [-0.2, -0.15) is 0 Å². The summed E-state index contributed by atoms with van der Waals surface area (Å²) >= 11 is 1.70. The smallest absolute Gasteiger partial charge is 0.162 e. The van der Waals surface area contributed by atoms with Gasteiger partial charge in [0, 0.05) is 59.2 Å². The number of pyridine rings is 1. The van der Waals surface area contributed by atoms with E-state index in [9.17, 15) is 14.3 Å². The van der Waals surface area contributed by atoms with Crippen LogP contribution in [0, 0.1) is 37.6 Å². The van der Waals surface area contributed by atoms with Gasteiger partial charge in [-0.05, 0) is 55.1 Å². The maximum atomic E-state index is 13.1. The molecule has 0 amide bonds. The number of nitrogens with zero attached hydrogens (tertiary/aromatic N) is 1. The van der Waals surface area contributed by atoms with Gasteiger partial charge in [0.25, 0.3) is 0 Å². The molecule has 0 saturated heterocycles. The molecule has 1 N–H and O–H groups in total. The molecule has 215 valence electrons. The Bertz CT molecular complexity index is 1400. The molecule has 3 nitrogen and oxygen atoms in total. The van der Waals surface area contributed by atoms with Gasteiger partial charge in [0.2, 0.25) is 0 Å². The van der Waals surface area contributed by atoms with E-state index >= 15 is 0 Å². The SMILES string of the molecule is CCC(CC)C(=O)/C=C(\O)C(CC)CC.Cc1[c-]c(-c2cc3sc(-c4ccc(F)cc4)cc3cn2)cc(C)c1.[Ir]. The van der Waals surface area contributed by atoms with E-state index in [2.05, 4.69) is 42.2 Å². The predicted octanol–water partition coefficient (Wildman–Crippen LogP) is 10.1. The molecule has 6 heteroatoms. The molecular formula is C34H39FIrNO2S-. The van der Waals surface area contributed by atoms with Crippen molar-refractivity contribution >= 4 is 27.2 Å². The molecular weight excluding hydrogens is 698 g/mol. The summed E-state index contributed by atoms with van der Waals surface area (Å²) in [6.07, 6.45) is 6.81. The van der Waals surface area contributed by atoms with E-state index in [1.54, 1.807) is 11.3 Å². The summed E-state index contributed by atoms with van der Waals surface area (Å²) in [5, 5.41) is 10.9. The van der Waals surface area contributed by atoms with Crippen LogP contribution in [0.3, 0.4) is 0 Å². The standard InChI is InChI=1S/C21H15FNS.C13H24O2.Ir/c1-13-7-14(2)9-16(8-13)19-11-21-17(12-23-19)10-20(24-21)15-3-5-18(22)6-4-15;1-5-10(6-2)12(14)9-13(15)11(7-3)8-4;/h3-8,10-12H,1-2H3;9-11,14H,5-8H2,1-4H3;/q-1;;/b;12-9-;. The van der Waals surface area contributed by atoms with Gasteiger partial charge in [0.1, 0.15) is 5.82 Å². The number of aromatic nitrogens is 1. The van der Waals surface area contributed by atoms with E-state index in [0.717, 1.165) is 58.3 Å². The Morgan fingerprint density at radius 3 is 2.17 bits per heavy atom. The molecule has 0 bridgehead atoms. The second-order valence-electron chi connectivity index (χ2n) is 9.98. The third kappa shape index (κ3) is 8.92. The number of carbonyl (C=O) groups excluding carboxylic acids is 1. The molecule has 1 radical (unpaired) electrons. The molecule has 0 fully saturated rings. The largest absolute Gasteiger partial charge is 0.512 e. The Labute approximate surface area is 255 Å². The number of fused-ring (bicyclic) bond motifs is 1. The van der Waals surface area contributed by atoms with E-state index in [4.69, 9.17) is 0 Å². The first-order valence-electron chi connectivity index (χ1n) is 13.8. The Kier molecular flexibility index (Phi) is 13.4. The second kappa shape index (κ2) is 16.0. The number of thiophene rings is 1. The Morgan fingerprint density at radius 1 is 0.975 bits per heavy atom.